The van der Waals surface area contributed by atoms with Gasteiger partial charge in [-0.25, -0.2) is 0 Å². The molecule has 1 N–H and O–H groups in total. The Morgan fingerprint density at radius 3 is 2.75 bits per heavy atom. The van der Waals surface area contributed by atoms with Crippen molar-refractivity contribution in [3.63, 3.8) is 0 Å². The van der Waals surface area contributed by atoms with Crippen LogP contribution in [-0.2, 0) is 4.74 Å². The summed E-state index contributed by atoms with van der Waals surface area (Å²) in [5, 5.41) is 3.34. The highest BCUT2D eigenvalue weighted by molar-refractivity contribution is 9.10. The van der Waals surface area contributed by atoms with Gasteiger partial charge in [-0.1, -0.05) is 19.9 Å². The zero-order valence-electron chi connectivity index (χ0n) is 10.2. The third-order valence-corrected chi connectivity index (χ3v) is 2.79. The maximum Gasteiger partial charge on any atom is 0.0639 e. The largest absolute Gasteiger partial charge is 0.382 e. The lowest BCUT2D eigenvalue weighted by Crippen LogP contribution is -2.12. The summed E-state index contributed by atoms with van der Waals surface area (Å²) in [6.45, 7) is 8.82. The van der Waals surface area contributed by atoms with Gasteiger partial charge in [0.05, 0.1) is 6.61 Å². The average Bonchev–Trinajstić information content (AvgIpc) is 2.20. The van der Waals surface area contributed by atoms with Crippen molar-refractivity contribution >= 4 is 21.6 Å². The second kappa shape index (κ2) is 6.92. The molecule has 0 saturated carbocycles. The Labute approximate surface area is 107 Å². The van der Waals surface area contributed by atoms with E-state index in [0.717, 1.165) is 29.9 Å². The average molecular weight is 286 g/mol. The van der Waals surface area contributed by atoms with E-state index in [1.165, 1.54) is 5.56 Å². The maximum absolute atomic E-state index is 5.50. The van der Waals surface area contributed by atoms with Crippen LogP contribution in [0, 0.1) is 12.8 Å². The van der Waals surface area contributed by atoms with Crippen LogP contribution in [-0.4, -0.2) is 19.8 Å². The number of anilines is 1. The fourth-order valence-corrected chi connectivity index (χ4v) is 1.97. The fourth-order valence-electron chi connectivity index (χ4n) is 1.34. The van der Waals surface area contributed by atoms with Crippen molar-refractivity contribution in [2.24, 2.45) is 5.92 Å². The quantitative estimate of drug-likeness (QED) is 0.802. The molecule has 3 heteroatoms. The van der Waals surface area contributed by atoms with Crippen LogP contribution in [0.3, 0.4) is 0 Å². The number of benzene rings is 1. The van der Waals surface area contributed by atoms with Crippen LogP contribution in [0.4, 0.5) is 5.69 Å². The standard InChI is InChI=1S/C13H20BrNO/c1-10(2)9-16-7-6-15-13-5-4-11(3)8-12(13)14/h4-5,8,10,15H,6-7,9H2,1-3H3. The molecule has 0 spiro atoms. The molecular formula is C13H20BrNO. The van der Waals surface area contributed by atoms with E-state index in [1.54, 1.807) is 0 Å². The van der Waals surface area contributed by atoms with Crippen molar-refractivity contribution in [1.82, 2.24) is 0 Å². The van der Waals surface area contributed by atoms with Crippen molar-refractivity contribution in [2.45, 2.75) is 20.8 Å². The molecule has 0 radical (unpaired) electrons. The van der Waals surface area contributed by atoms with Gasteiger partial charge in [-0.2, -0.15) is 0 Å². The molecule has 0 aliphatic rings. The first-order chi connectivity index (χ1) is 7.59. The summed E-state index contributed by atoms with van der Waals surface area (Å²) in [5.41, 5.74) is 2.38. The highest BCUT2D eigenvalue weighted by Gasteiger charge is 1.99. The van der Waals surface area contributed by atoms with Crippen LogP contribution in [0.2, 0.25) is 0 Å². The zero-order chi connectivity index (χ0) is 12.0. The van der Waals surface area contributed by atoms with E-state index in [2.05, 4.69) is 60.2 Å². The number of hydrogen-bond acceptors (Lipinski definition) is 2. The zero-order valence-corrected chi connectivity index (χ0v) is 11.8. The first-order valence-corrected chi connectivity index (χ1v) is 6.46. The van der Waals surface area contributed by atoms with Crippen LogP contribution in [0.25, 0.3) is 0 Å². The van der Waals surface area contributed by atoms with Crippen molar-refractivity contribution < 1.29 is 4.74 Å². The highest BCUT2D eigenvalue weighted by Crippen LogP contribution is 2.22. The second-order valence-corrected chi connectivity index (χ2v) is 5.23. The predicted octanol–water partition coefficient (Wildman–Crippen LogP) is 3.84. The second-order valence-electron chi connectivity index (χ2n) is 4.38. The summed E-state index contributed by atoms with van der Waals surface area (Å²) in [4.78, 5) is 0. The van der Waals surface area contributed by atoms with Gasteiger partial charge in [0, 0.05) is 23.3 Å². The number of halogens is 1. The molecule has 0 fully saturated rings. The molecule has 2 nitrogen and oxygen atoms in total. The van der Waals surface area contributed by atoms with E-state index >= 15 is 0 Å². The minimum Gasteiger partial charge on any atom is -0.382 e. The lowest BCUT2D eigenvalue weighted by molar-refractivity contribution is 0.118. The van der Waals surface area contributed by atoms with Crippen LogP contribution in [0.15, 0.2) is 22.7 Å². The van der Waals surface area contributed by atoms with Gasteiger partial charge in [-0.15, -0.1) is 0 Å². The SMILES string of the molecule is Cc1ccc(NCCOCC(C)C)c(Br)c1. The number of ether oxygens (including phenoxy) is 1. The van der Waals surface area contributed by atoms with Gasteiger partial charge >= 0.3 is 0 Å². The highest BCUT2D eigenvalue weighted by atomic mass is 79.9. The smallest absolute Gasteiger partial charge is 0.0639 e. The molecule has 1 aromatic rings. The predicted molar refractivity (Wildman–Crippen MR) is 73.0 cm³/mol. The first-order valence-electron chi connectivity index (χ1n) is 5.67. The van der Waals surface area contributed by atoms with E-state index in [4.69, 9.17) is 4.74 Å². The van der Waals surface area contributed by atoms with Crippen molar-refractivity contribution in [2.75, 3.05) is 25.1 Å². The summed E-state index contributed by atoms with van der Waals surface area (Å²) in [6.07, 6.45) is 0. The molecular weight excluding hydrogens is 266 g/mol. The van der Waals surface area contributed by atoms with Gasteiger partial charge in [0.15, 0.2) is 0 Å². The number of aryl methyl sites for hydroxylation is 1. The Morgan fingerprint density at radius 2 is 2.12 bits per heavy atom. The topological polar surface area (TPSA) is 21.3 Å². The lowest BCUT2D eigenvalue weighted by atomic mass is 10.2. The molecule has 1 aromatic carbocycles. The molecule has 0 amide bonds. The summed E-state index contributed by atoms with van der Waals surface area (Å²) >= 11 is 3.54. The van der Waals surface area contributed by atoms with Gasteiger partial charge in [0.2, 0.25) is 0 Å². The Kier molecular flexibility index (Phi) is 5.85. The fraction of sp³-hybridized carbons (Fsp3) is 0.538. The number of hydrogen-bond donors (Lipinski definition) is 1. The Bertz CT molecular complexity index is 326. The van der Waals surface area contributed by atoms with E-state index < -0.39 is 0 Å². The van der Waals surface area contributed by atoms with Gasteiger partial charge in [0.1, 0.15) is 0 Å². The Hall–Kier alpha value is -0.540. The van der Waals surface area contributed by atoms with Gasteiger partial charge in [-0.05, 0) is 46.5 Å². The van der Waals surface area contributed by atoms with Crippen molar-refractivity contribution in [3.8, 4) is 0 Å². The van der Waals surface area contributed by atoms with E-state index in [0.29, 0.717) is 5.92 Å². The minimum absolute atomic E-state index is 0.603. The molecule has 90 valence electrons. The first kappa shape index (κ1) is 13.5. The third kappa shape index (κ3) is 4.99. The molecule has 0 heterocycles. The van der Waals surface area contributed by atoms with Crippen LogP contribution < -0.4 is 5.32 Å². The molecule has 0 atom stereocenters. The lowest BCUT2D eigenvalue weighted by Gasteiger charge is -2.10. The minimum atomic E-state index is 0.603. The summed E-state index contributed by atoms with van der Waals surface area (Å²) in [7, 11) is 0. The molecule has 0 aliphatic carbocycles. The third-order valence-electron chi connectivity index (χ3n) is 2.14. The van der Waals surface area contributed by atoms with Crippen LogP contribution in [0.5, 0.6) is 0 Å². The molecule has 0 bridgehead atoms. The molecule has 0 unspecified atom stereocenters. The molecule has 0 aromatic heterocycles. The summed E-state index contributed by atoms with van der Waals surface area (Å²) in [6, 6.07) is 6.29. The Morgan fingerprint density at radius 1 is 1.38 bits per heavy atom. The Balaban J connectivity index is 2.27. The summed E-state index contributed by atoms with van der Waals surface area (Å²) < 4.78 is 6.61. The number of rotatable bonds is 6. The monoisotopic (exact) mass is 285 g/mol. The van der Waals surface area contributed by atoms with Crippen LogP contribution in [0.1, 0.15) is 19.4 Å². The summed E-state index contributed by atoms with van der Waals surface area (Å²) in [5.74, 6) is 0.603. The normalized spacial score (nSPS) is 10.8. The van der Waals surface area contributed by atoms with Crippen LogP contribution >= 0.6 is 15.9 Å². The molecule has 16 heavy (non-hydrogen) atoms. The molecule has 0 aliphatic heterocycles. The van der Waals surface area contributed by atoms with E-state index in [-0.39, 0.29) is 0 Å². The van der Waals surface area contributed by atoms with Gasteiger partial charge in [0.25, 0.3) is 0 Å². The molecule has 0 saturated heterocycles. The van der Waals surface area contributed by atoms with E-state index in [9.17, 15) is 0 Å². The van der Waals surface area contributed by atoms with Crippen molar-refractivity contribution in [3.05, 3.63) is 28.2 Å². The van der Waals surface area contributed by atoms with Gasteiger partial charge < -0.3 is 10.1 Å². The van der Waals surface area contributed by atoms with Crippen molar-refractivity contribution in [1.29, 1.82) is 0 Å². The number of nitrogens with one attached hydrogen (secondary N) is 1. The van der Waals surface area contributed by atoms with E-state index in [1.807, 2.05) is 0 Å². The van der Waals surface area contributed by atoms with Gasteiger partial charge in [-0.3, -0.25) is 0 Å². The molecule has 1 rings (SSSR count). The maximum atomic E-state index is 5.50.